The summed E-state index contributed by atoms with van der Waals surface area (Å²) < 4.78 is 6.04. The van der Waals surface area contributed by atoms with Gasteiger partial charge in [-0.2, -0.15) is 0 Å². The number of likely N-dealkylation sites (tertiary alicyclic amines) is 1. The molecule has 3 aliphatic heterocycles. The molecule has 6 nitrogen and oxygen atoms in total. The summed E-state index contributed by atoms with van der Waals surface area (Å²) in [5.41, 5.74) is 0.413. The molecule has 3 aliphatic rings. The lowest BCUT2D eigenvalue weighted by molar-refractivity contribution is -0.154. The predicted octanol–water partition coefficient (Wildman–Crippen LogP) is 2.70. The lowest BCUT2D eigenvalue weighted by atomic mass is 9.89. The minimum atomic E-state index is -0.675. The lowest BCUT2D eigenvalue weighted by Crippen LogP contribution is -2.61. The number of benzene rings is 1. The van der Waals surface area contributed by atoms with Crippen LogP contribution in [0.15, 0.2) is 40.9 Å². The van der Waals surface area contributed by atoms with E-state index in [1.54, 1.807) is 16.7 Å². The molecule has 0 radical (unpaired) electrons. The maximum absolute atomic E-state index is 12.6. The predicted molar refractivity (Wildman–Crippen MR) is 115 cm³/mol. The van der Waals surface area contributed by atoms with Crippen LogP contribution in [0.1, 0.15) is 26.7 Å². The van der Waals surface area contributed by atoms with E-state index in [1.165, 1.54) is 0 Å². The molecule has 0 bridgehead atoms. The number of β-lactam (4-membered cyclic amide) rings is 1. The second kappa shape index (κ2) is 8.34. The molecule has 1 amide bonds. The summed E-state index contributed by atoms with van der Waals surface area (Å²) in [6, 6.07) is 9.72. The molecule has 0 aromatic heterocycles. The van der Waals surface area contributed by atoms with Gasteiger partial charge in [0.2, 0.25) is 11.0 Å². The Labute approximate surface area is 180 Å². The Morgan fingerprint density at radius 1 is 1.38 bits per heavy atom. The molecule has 2 saturated heterocycles. The SMILES string of the molecule is CC[C@H](O)[C@@H]1C(=O)N2C(C(=O)S)=C(C3CCN(C(C)Oc4ccccc4)C3)S[C@H]12. The fourth-order valence-electron chi connectivity index (χ4n) is 4.36. The van der Waals surface area contributed by atoms with Gasteiger partial charge >= 0.3 is 0 Å². The lowest BCUT2D eigenvalue weighted by Gasteiger charge is -2.44. The summed E-state index contributed by atoms with van der Waals surface area (Å²) in [6.07, 6.45) is 0.654. The number of amides is 1. The molecule has 1 aromatic rings. The Morgan fingerprint density at radius 3 is 2.76 bits per heavy atom. The van der Waals surface area contributed by atoms with Crippen LogP contribution in [0.4, 0.5) is 0 Å². The molecule has 0 spiro atoms. The zero-order chi connectivity index (χ0) is 20.7. The van der Waals surface area contributed by atoms with Crippen LogP contribution >= 0.6 is 24.4 Å². The number of ether oxygens (including phenoxy) is 1. The largest absolute Gasteiger partial charge is 0.475 e. The maximum atomic E-state index is 12.6. The molecular formula is C21H26N2O4S2. The second-order valence-corrected chi connectivity index (χ2v) is 9.31. The van der Waals surface area contributed by atoms with Crippen LogP contribution < -0.4 is 4.74 Å². The molecule has 2 fully saturated rings. The molecule has 156 valence electrons. The van der Waals surface area contributed by atoms with Gasteiger partial charge in [-0.15, -0.1) is 11.8 Å². The Hall–Kier alpha value is -1.48. The van der Waals surface area contributed by atoms with E-state index in [1.807, 2.05) is 44.2 Å². The van der Waals surface area contributed by atoms with E-state index in [4.69, 9.17) is 4.74 Å². The summed E-state index contributed by atoms with van der Waals surface area (Å²) in [7, 11) is 0. The van der Waals surface area contributed by atoms with Gasteiger partial charge in [0.1, 0.15) is 23.0 Å². The molecule has 29 heavy (non-hydrogen) atoms. The number of carbonyl (C=O) groups excluding carboxylic acids is 2. The van der Waals surface area contributed by atoms with Crippen LogP contribution in [0.25, 0.3) is 0 Å². The molecular weight excluding hydrogens is 408 g/mol. The number of aliphatic hydroxyl groups is 1. The first-order chi connectivity index (χ1) is 13.9. The van der Waals surface area contributed by atoms with Gasteiger partial charge in [-0.3, -0.25) is 19.4 Å². The first-order valence-electron chi connectivity index (χ1n) is 10.0. The van der Waals surface area contributed by atoms with Crippen molar-refractivity contribution in [2.75, 3.05) is 13.1 Å². The minimum Gasteiger partial charge on any atom is -0.475 e. The molecule has 4 rings (SSSR count). The highest BCUT2D eigenvalue weighted by atomic mass is 32.2. The zero-order valence-corrected chi connectivity index (χ0v) is 18.2. The fraction of sp³-hybridized carbons (Fsp3) is 0.524. The number of aliphatic hydroxyl groups excluding tert-OH is 1. The Morgan fingerprint density at radius 2 is 2.10 bits per heavy atom. The van der Waals surface area contributed by atoms with Crippen LogP contribution in [0.3, 0.4) is 0 Å². The van der Waals surface area contributed by atoms with Crippen molar-refractivity contribution in [3.05, 3.63) is 40.9 Å². The molecule has 0 saturated carbocycles. The van der Waals surface area contributed by atoms with Gasteiger partial charge in [0.25, 0.3) is 0 Å². The molecule has 8 heteroatoms. The number of thiol groups is 1. The number of nitrogens with zero attached hydrogens (tertiary/aromatic N) is 2. The number of para-hydroxylation sites is 1. The number of rotatable bonds is 7. The molecule has 0 aliphatic carbocycles. The van der Waals surface area contributed by atoms with Crippen LogP contribution in [-0.4, -0.2) is 56.7 Å². The van der Waals surface area contributed by atoms with E-state index in [-0.39, 0.29) is 28.5 Å². The average molecular weight is 435 g/mol. The van der Waals surface area contributed by atoms with Gasteiger partial charge in [-0.05, 0) is 31.9 Å². The molecule has 5 atom stereocenters. The monoisotopic (exact) mass is 434 g/mol. The Balaban J connectivity index is 1.47. The van der Waals surface area contributed by atoms with Crippen LogP contribution in [0.5, 0.6) is 5.75 Å². The van der Waals surface area contributed by atoms with Gasteiger partial charge < -0.3 is 9.84 Å². The standard InChI is InChI=1S/C21H26N2O4S2/c1-3-15(24)16-19(25)23-17(21(26)28)18(29-20(16)23)13-9-10-22(11-13)12(2)27-14-7-5-4-6-8-14/h4-8,12-13,15-16,20,24H,3,9-11H2,1-2H3,(H,26,28)/t12?,13?,15-,16+,20+/m0/s1. The zero-order valence-electron chi connectivity index (χ0n) is 16.5. The quantitative estimate of drug-likeness (QED) is 0.508. The first-order valence-corrected chi connectivity index (χ1v) is 11.4. The topological polar surface area (TPSA) is 70.1 Å². The fourth-order valence-corrected chi connectivity index (χ4v) is 6.37. The number of hydrogen-bond acceptors (Lipinski definition) is 6. The van der Waals surface area contributed by atoms with Crippen molar-refractivity contribution in [2.24, 2.45) is 11.8 Å². The summed E-state index contributed by atoms with van der Waals surface area (Å²) >= 11 is 5.60. The summed E-state index contributed by atoms with van der Waals surface area (Å²) in [6.45, 7) is 5.51. The maximum Gasteiger partial charge on any atom is 0.236 e. The van der Waals surface area contributed by atoms with Crippen LogP contribution in [0, 0.1) is 11.8 Å². The molecule has 2 unspecified atom stereocenters. The van der Waals surface area contributed by atoms with Crippen molar-refractivity contribution in [3.63, 3.8) is 0 Å². The van der Waals surface area contributed by atoms with Gasteiger partial charge in [-0.1, -0.05) is 37.8 Å². The van der Waals surface area contributed by atoms with Gasteiger partial charge in [0.05, 0.1) is 12.0 Å². The van der Waals surface area contributed by atoms with E-state index < -0.39 is 12.0 Å². The molecule has 3 heterocycles. The highest BCUT2D eigenvalue weighted by Gasteiger charge is 2.58. The van der Waals surface area contributed by atoms with Crippen molar-refractivity contribution in [2.45, 2.75) is 44.4 Å². The van der Waals surface area contributed by atoms with E-state index in [0.29, 0.717) is 12.1 Å². The minimum absolute atomic E-state index is 0.0853. The van der Waals surface area contributed by atoms with Crippen LogP contribution in [0.2, 0.25) is 0 Å². The van der Waals surface area contributed by atoms with E-state index in [2.05, 4.69) is 17.5 Å². The number of hydrogen-bond donors (Lipinski definition) is 2. The number of thioether (sulfide) groups is 1. The molecule has 1 N–H and O–H groups in total. The number of carbonyl (C=O) groups is 2. The highest BCUT2D eigenvalue weighted by Crippen LogP contribution is 2.54. The summed E-state index contributed by atoms with van der Waals surface area (Å²) in [5, 5.41) is 9.65. The third-order valence-corrected chi connectivity index (χ3v) is 7.73. The first kappa shape index (κ1) is 20.8. The Bertz CT molecular complexity index is 831. The Kier molecular flexibility index (Phi) is 5.97. The number of fused-ring (bicyclic) bond motifs is 1. The third-order valence-electron chi connectivity index (χ3n) is 6.00. The smallest absolute Gasteiger partial charge is 0.236 e. The van der Waals surface area contributed by atoms with E-state index >= 15 is 0 Å². The van der Waals surface area contributed by atoms with Crippen molar-refractivity contribution in [3.8, 4) is 5.75 Å². The highest BCUT2D eigenvalue weighted by molar-refractivity contribution is 8.04. The van der Waals surface area contributed by atoms with Crippen LogP contribution in [-0.2, 0) is 9.59 Å². The molecule has 1 aromatic carbocycles. The third kappa shape index (κ3) is 3.71. The van der Waals surface area contributed by atoms with Crippen molar-refractivity contribution in [1.29, 1.82) is 0 Å². The van der Waals surface area contributed by atoms with Gasteiger partial charge in [-0.25, -0.2) is 0 Å². The second-order valence-electron chi connectivity index (χ2n) is 7.75. The summed E-state index contributed by atoms with van der Waals surface area (Å²) in [5.74, 6) is 0.379. The van der Waals surface area contributed by atoms with E-state index in [0.717, 1.165) is 30.2 Å². The van der Waals surface area contributed by atoms with Crippen molar-refractivity contribution in [1.82, 2.24) is 9.80 Å². The summed E-state index contributed by atoms with van der Waals surface area (Å²) in [4.78, 5) is 29.6. The normalized spacial score (nSPS) is 28.9. The van der Waals surface area contributed by atoms with Gasteiger partial charge in [0, 0.05) is 23.9 Å². The average Bonchev–Trinajstić information content (AvgIpc) is 3.31. The van der Waals surface area contributed by atoms with Gasteiger partial charge in [0.15, 0.2) is 0 Å². The van der Waals surface area contributed by atoms with E-state index in [9.17, 15) is 14.7 Å². The van der Waals surface area contributed by atoms with Crippen molar-refractivity contribution < 1.29 is 19.4 Å². The van der Waals surface area contributed by atoms with Crippen molar-refractivity contribution >= 4 is 35.4 Å².